The van der Waals surface area contributed by atoms with Crippen molar-refractivity contribution in [3.63, 3.8) is 0 Å². The van der Waals surface area contributed by atoms with Gasteiger partial charge in [0.1, 0.15) is 0 Å². The van der Waals surface area contributed by atoms with Crippen molar-refractivity contribution in [2.24, 2.45) is 11.8 Å². The average Bonchev–Trinajstić information content (AvgIpc) is 2.03. The Bertz CT molecular complexity index is 129. The van der Waals surface area contributed by atoms with Gasteiger partial charge in [-0.15, -0.1) is 5.73 Å². The third-order valence-corrected chi connectivity index (χ3v) is 2.53. The maximum Gasteiger partial charge on any atom is -0.0272 e. The molecule has 0 heterocycles. The number of rotatable bonds is 5. The highest BCUT2D eigenvalue weighted by Gasteiger charge is 2.07. The zero-order valence-corrected chi connectivity index (χ0v) is 8.06. The van der Waals surface area contributed by atoms with E-state index in [-0.39, 0.29) is 0 Å². The van der Waals surface area contributed by atoms with Gasteiger partial charge in [-0.1, -0.05) is 33.8 Å². The molecule has 2 atom stereocenters. The van der Waals surface area contributed by atoms with E-state index >= 15 is 0 Å². The Morgan fingerprint density at radius 3 is 2.45 bits per heavy atom. The molecular formula is C11H20. The summed E-state index contributed by atoms with van der Waals surface area (Å²) in [5.41, 5.74) is 2.80. The fourth-order valence-corrected chi connectivity index (χ4v) is 1.14. The molecule has 0 aromatic heterocycles. The SMILES string of the molecule is C=C=CCCC(C)C(C)CC. The van der Waals surface area contributed by atoms with Crippen LogP contribution in [0.4, 0.5) is 0 Å². The molecule has 64 valence electrons. The molecule has 0 aromatic carbocycles. The smallest absolute Gasteiger partial charge is 0.0272 e. The van der Waals surface area contributed by atoms with Crippen LogP contribution < -0.4 is 0 Å². The Morgan fingerprint density at radius 2 is 2.00 bits per heavy atom. The standard InChI is InChI=1S/C11H20/c1-5-7-8-9-11(4)10(3)6-2/h7,10-11H,1,6,8-9H2,2-4H3. The molecule has 0 amide bonds. The van der Waals surface area contributed by atoms with Crippen molar-refractivity contribution in [1.82, 2.24) is 0 Å². The molecule has 0 aromatic rings. The predicted octanol–water partition coefficient (Wildman–Crippen LogP) is 3.79. The molecule has 0 spiro atoms. The normalized spacial score (nSPS) is 15.2. The summed E-state index contributed by atoms with van der Waals surface area (Å²) in [4.78, 5) is 0. The minimum atomic E-state index is 0.838. The molecule has 0 nitrogen and oxygen atoms in total. The molecule has 0 bridgehead atoms. The van der Waals surface area contributed by atoms with Gasteiger partial charge in [0, 0.05) is 0 Å². The molecule has 0 saturated carbocycles. The summed E-state index contributed by atoms with van der Waals surface area (Å²) in [6, 6.07) is 0. The van der Waals surface area contributed by atoms with Crippen LogP contribution in [0.5, 0.6) is 0 Å². The summed E-state index contributed by atoms with van der Waals surface area (Å²) in [7, 11) is 0. The van der Waals surface area contributed by atoms with Gasteiger partial charge >= 0.3 is 0 Å². The van der Waals surface area contributed by atoms with Crippen LogP contribution in [0.3, 0.4) is 0 Å². The average molecular weight is 152 g/mol. The van der Waals surface area contributed by atoms with Gasteiger partial charge in [0.2, 0.25) is 0 Å². The molecule has 0 fully saturated rings. The van der Waals surface area contributed by atoms with Crippen LogP contribution in [0.15, 0.2) is 18.4 Å². The Hall–Kier alpha value is -0.480. The van der Waals surface area contributed by atoms with Crippen molar-refractivity contribution in [1.29, 1.82) is 0 Å². The molecule has 0 aliphatic rings. The summed E-state index contributed by atoms with van der Waals surface area (Å²) in [6.07, 6.45) is 5.73. The van der Waals surface area contributed by atoms with E-state index in [9.17, 15) is 0 Å². The van der Waals surface area contributed by atoms with E-state index in [2.05, 4.69) is 33.1 Å². The molecule has 0 N–H and O–H groups in total. The van der Waals surface area contributed by atoms with E-state index in [0.717, 1.165) is 18.3 Å². The minimum Gasteiger partial charge on any atom is -0.133 e. The lowest BCUT2D eigenvalue weighted by molar-refractivity contribution is 0.357. The maximum absolute atomic E-state index is 3.54. The van der Waals surface area contributed by atoms with Gasteiger partial charge in [-0.25, -0.2) is 0 Å². The van der Waals surface area contributed by atoms with Crippen molar-refractivity contribution in [3.8, 4) is 0 Å². The zero-order chi connectivity index (χ0) is 8.69. The van der Waals surface area contributed by atoms with E-state index in [0.29, 0.717) is 0 Å². The lowest BCUT2D eigenvalue weighted by Gasteiger charge is -2.16. The molecule has 0 rings (SSSR count). The number of allylic oxidation sites excluding steroid dienone is 1. The lowest BCUT2D eigenvalue weighted by atomic mass is 9.90. The molecule has 11 heavy (non-hydrogen) atoms. The molecule has 0 saturated heterocycles. The second-order valence-electron chi connectivity index (χ2n) is 3.35. The number of hydrogen-bond donors (Lipinski definition) is 0. The van der Waals surface area contributed by atoms with Crippen molar-refractivity contribution in [2.75, 3.05) is 0 Å². The number of hydrogen-bond acceptors (Lipinski definition) is 0. The first kappa shape index (κ1) is 10.5. The second-order valence-corrected chi connectivity index (χ2v) is 3.35. The van der Waals surface area contributed by atoms with Crippen LogP contribution in [0.1, 0.15) is 40.0 Å². The van der Waals surface area contributed by atoms with Crippen molar-refractivity contribution in [2.45, 2.75) is 40.0 Å². The summed E-state index contributed by atoms with van der Waals surface area (Å²) < 4.78 is 0. The molecule has 0 radical (unpaired) electrons. The highest BCUT2D eigenvalue weighted by atomic mass is 14.1. The van der Waals surface area contributed by atoms with Crippen LogP contribution >= 0.6 is 0 Å². The summed E-state index contributed by atoms with van der Waals surface area (Å²) in [6.45, 7) is 10.4. The minimum absolute atomic E-state index is 0.838. The largest absolute Gasteiger partial charge is 0.133 e. The molecule has 0 aliphatic carbocycles. The summed E-state index contributed by atoms with van der Waals surface area (Å²) in [5, 5.41) is 0. The van der Waals surface area contributed by atoms with Crippen molar-refractivity contribution in [3.05, 3.63) is 18.4 Å². The van der Waals surface area contributed by atoms with Gasteiger partial charge in [-0.3, -0.25) is 0 Å². The third-order valence-electron chi connectivity index (χ3n) is 2.53. The van der Waals surface area contributed by atoms with Gasteiger partial charge in [0.05, 0.1) is 0 Å². The van der Waals surface area contributed by atoms with Crippen LogP contribution in [0.2, 0.25) is 0 Å². The van der Waals surface area contributed by atoms with Crippen molar-refractivity contribution < 1.29 is 0 Å². The molecule has 0 aliphatic heterocycles. The van der Waals surface area contributed by atoms with Crippen molar-refractivity contribution >= 4 is 0 Å². The highest BCUT2D eigenvalue weighted by Crippen LogP contribution is 2.19. The zero-order valence-electron chi connectivity index (χ0n) is 8.06. The van der Waals surface area contributed by atoms with Crippen LogP contribution in [0, 0.1) is 11.8 Å². The van der Waals surface area contributed by atoms with Gasteiger partial charge < -0.3 is 0 Å². The Labute approximate surface area is 71.0 Å². The van der Waals surface area contributed by atoms with Gasteiger partial charge in [-0.05, 0) is 30.8 Å². The first-order valence-corrected chi connectivity index (χ1v) is 4.56. The van der Waals surface area contributed by atoms with Gasteiger partial charge in [0.25, 0.3) is 0 Å². The van der Waals surface area contributed by atoms with E-state index in [1.807, 2.05) is 6.08 Å². The molecule has 2 unspecified atom stereocenters. The maximum atomic E-state index is 3.54. The summed E-state index contributed by atoms with van der Waals surface area (Å²) >= 11 is 0. The fourth-order valence-electron chi connectivity index (χ4n) is 1.14. The first-order valence-electron chi connectivity index (χ1n) is 4.56. The van der Waals surface area contributed by atoms with Crippen LogP contribution in [-0.2, 0) is 0 Å². The van der Waals surface area contributed by atoms with Gasteiger partial charge in [0.15, 0.2) is 0 Å². The van der Waals surface area contributed by atoms with E-state index < -0.39 is 0 Å². The summed E-state index contributed by atoms with van der Waals surface area (Å²) in [5.74, 6) is 1.69. The van der Waals surface area contributed by atoms with E-state index in [4.69, 9.17) is 0 Å². The van der Waals surface area contributed by atoms with Crippen LogP contribution in [-0.4, -0.2) is 0 Å². The van der Waals surface area contributed by atoms with E-state index in [1.165, 1.54) is 12.8 Å². The second kappa shape index (κ2) is 6.24. The monoisotopic (exact) mass is 152 g/mol. The van der Waals surface area contributed by atoms with Gasteiger partial charge in [-0.2, -0.15) is 0 Å². The topological polar surface area (TPSA) is 0 Å². The highest BCUT2D eigenvalue weighted by molar-refractivity contribution is 4.76. The Kier molecular flexibility index (Phi) is 5.97. The van der Waals surface area contributed by atoms with E-state index in [1.54, 1.807) is 0 Å². The third kappa shape index (κ3) is 4.86. The molecular weight excluding hydrogens is 132 g/mol. The Balaban J connectivity index is 3.50. The van der Waals surface area contributed by atoms with Crippen LogP contribution in [0.25, 0.3) is 0 Å². The fraction of sp³-hybridized carbons (Fsp3) is 0.727. The first-order chi connectivity index (χ1) is 5.22. The Morgan fingerprint density at radius 1 is 1.36 bits per heavy atom. The predicted molar refractivity (Wildman–Crippen MR) is 51.6 cm³/mol. The molecule has 0 heteroatoms. The quantitative estimate of drug-likeness (QED) is 0.526. The lowest BCUT2D eigenvalue weighted by Crippen LogP contribution is -2.05.